The molecule has 0 aromatic carbocycles. The number of aromatic nitrogens is 2. The summed E-state index contributed by atoms with van der Waals surface area (Å²) in [4.78, 5) is 4.65. The van der Waals surface area contributed by atoms with Crippen LogP contribution in [0.3, 0.4) is 0 Å². The van der Waals surface area contributed by atoms with E-state index < -0.39 is 0 Å². The lowest BCUT2D eigenvalue weighted by molar-refractivity contribution is 0.275. The van der Waals surface area contributed by atoms with Crippen LogP contribution in [0.25, 0.3) is 0 Å². The van der Waals surface area contributed by atoms with Crippen LogP contribution >= 0.6 is 0 Å². The third-order valence-electron chi connectivity index (χ3n) is 4.06. The van der Waals surface area contributed by atoms with Crippen molar-refractivity contribution < 1.29 is 4.52 Å². The number of hydrogen-bond acceptors (Lipinski definition) is 4. The summed E-state index contributed by atoms with van der Waals surface area (Å²) in [6, 6.07) is 0. The van der Waals surface area contributed by atoms with Gasteiger partial charge < -0.3 is 9.84 Å². The van der Waals surface area contributed by atoms with Crippen LogP contribution in [0.2, 0.25) is 0 Å². The van der Waals surface area contributed by atoms with Gasteiger partial charge in [0.2, 0.25) is 5.89 Å². The highest BCUT2D eigenvalue weighted by Gasteiger charge is 2.40. The van der Waals surface area contributed by atoms with Crippen molar-refractivity contribution in [1.82, 2.24) is 15.5 Å². The van der Waals surface area contributed by atoms with Crippen molar-refractivity contribution in [2.45, 2.75) is 50.9 Å². The van der Waals surface area contributed by atoms with Crippen LogP contribution in [0.15, 0.2) is 4.52 Å². The van der Waals surface area contributed by atoms with Gasteiger partial charge in [-0.25, -0.2) is 0 Å². The molecule has 1 aliphatic carbocycles. The third-order valence-corrected chi connectivity index (χ3v) is 4.06. The zero-order valence-corrected chi connectivity index (χ0v) is 10.5. The van der Waals surface area contributed by atoms with E-state index in [0.717, 1.165) is 50.0 Å². The average Bonchev–Trinajstić information content (AvgIpc) is 2.80. The molecule has 4 nitrogen and oxygen atoms in total. The van der Waals surface area contributed by atoms with Gasteiger partial charge in [-0.15, -0.1) is 0 Å². The molecule has 1 atom stereocenters. The van der Waals surface area contributed by atoms with Crippen LogP contribution in [0.1, 0.15) is 50.7 Å². The summed E-state index contributed by atoms with van der Waals surface area (Å²) in [6.07, 6.45) is 7.13. The van der Waals surface area contributed by atoms with E-state index in [-0.39, 0.29) is 5.41 Å². The molecule has 1 aromatic rings. The normalized spacial score (nSPS) is 28.8. The molecule has 3 rings (SSSR count). The maximum Gasteiger partial charge on any atom is 0.234 e. The van der Waals surface area contributed by atoms with Crippen molar-refractivity contribution in [1.29, 1.82) is 0 Å². The first-order valence-electron chi connectivity index (χ1n) is 6.86. The molecule has 1 unspecified atom stereocenters. The number of hydrogen-bond donors (Lipinski definition) is 1. The molecule has 2 fully saturated rings. The maximum atomic E-state index is 5.53. The van der Waals surface area contributed by atoms with Gasteiger partial charge in [0.25, 0.3) is 0 Å². The van der Waals surface area contributed by atoms with Crippen molar-refractivity contribution in [3.8, 4) is 0 Å². The predicted molar refractivity (Wildman–Crippen MR) is 64.8 cm³/mol. The molecule has 1 saturated carbocycles. The molecule has 1 aliphatic heterocycles. The smallest absolute Gasteiger partial charge is 0.234 e. The number of nitrogens with one attached hydrogen (secondary N) is 1. The van der Waals surface area contributed by atoms with Gasteiger partial charge in [-0.1, -0.05) is 18.5 Å². The second-order valence-corrected chi connectivity index (χ2v) is 5.62. The summed E-state index contributed by atoms with van der Waals surface area (Å²) in [6.45, 7) is 4.29. The Morgan fingerprint density at radius 3 is 3.00 bits per heavy atom. The Balaban J connectivity index is 1.77. The number of nitrogens with zero attached hydrogens (tertiary/aromatic N) is 2. The van der Waals surface area contributed by atoms with E-state index in [1.807, 2.05) is 0 Å². The second kappa shape index (κ2) is 4.41. The zero-order chi connectivity index (χ0) is 11.7. The van der Waals surface area contributed by atoms with Crippen LogP contribution in [0.5, 0.6) is 0 Å². The molecule has 0 bridgehead atoms. The van der Waals surface area contributed by atoms with Crippen molar-refractivity contribution in [2.24, 2.45) is 5.92 Å². The van der Waals surface area contributed by atoms with Crippen LogP contribution < -0.4 is 5.32 Å². The van der Waals surface area contributed by atoms with Gasteiger partial charge >= 0.3 is 0 Å². The molecule has 0 spiro atoms. The Morgan fingerprint density at radius 2 is 2.35 bits per heavy atom. The molecular formula is C13H21N3O. The van der Waals surface area contributed by atoms with Crippen LogP contribution in [-0.4, -0.2) is 23.2 Å². The molecule has 0 amide bonds. The molecule has 94 valence electrons. The van der Waals surface area contributed by atoms with Gasteiger partial charge in [0.05, 0.1) is 5.41 Å². The SMILES string of the molecule is CCCC1(c2nc(CC3CC3)no2)CCNC1. The van der Waals surface area contributed by atoms with E-state index >= 15 is 0 Å². The van der Waals surface area contributed by atoms with Crippen LogP contribution in [0, 0.1) is 5.92 Å². The third kappa shape index (κ3) is 2.23. The highest BCUT2D eigenvalue weighted by molar-refractivity contribution is 5.10. The largest absolute Gasteiger partial charge is 0.339 e. The summed E-state index contributed by atoms with van der Waals surface area (Å²) in [5.41, 5.74) is 0.115. The Labute approximate surface area is 102 Å². The minimum atomic E-state index is 0.115. The fourth-order valence-electron chi connectivity index (χ4n) is 2.86. The minimum Gasteiger partial charge on any atom is -0.339 e. The molecule has 1 N–H and O–H groups in total. The lowest BCUT2D eigenvalue weighted by Gasteiger charge is -2.22. The summed E-state index contributed by atoms with van der Waals surface area (Å²) in [5, 5.41) is 7.59. The van der Waals surface area contributed by atoms with Gasteiger partial charge in [-0.3, -0.25) is 0 Å². The summed E-state index contributed by atoms with van der Waals surface area (Å²) in [7, 11) is 0. The molecule has 2 heterocycles. The molecule has 0 radical (unpaired) electrons. The molecule has 17 heavy (non-hydrogen) atoms. The predicted octanol–water partition coefficient (Wildman–Crippen LogP) is 2.05. The first kappa shape index (κ1) is 11.2. The van der Waals surface area contributed by atoms with Gasteiger partial charge in [0, 0.05) is 13.0 Å². The van der Waals surface area contributed by atoms with E-state index in [9.17, 15) is 0 Å². The number of rotatable bonds is 5. The van der Waals surface area contributed by atoms with Gasteiger partial charge in [0.15, 0.2) is 5.82 Å². The Kier molecular flexibility index (Phi) is 2.90. The lowest BCUT2D eigenvalue weighted by atomic mass is 9.82. The standard InChI is InChI=1S/C13H21N3O/c1-2-5-13(6-7-14-9-13)12-15-11(16-17-12)8-10-3-4-10/h10,14H,2-9H2,1H3. The van der Waals surface area contributed by atoms with E-state index in [0.29, 0.717) is 0 Å². The van der Waals surface area contributed by atoms with Crippen LogP contribution in [-0.2, 0) is 11.8 Å². The molecule has 4 heteroatoms. The van der Waals surface area contributed by atoms with Crippen molar-refractivity contribution in [2.75, 3.05) is 13.1 Å². The maximum absolute atomic E-state index is 5.53. The molecular weight excluding hydrogens is 214 g/mol. The fourth-order valence-corrected chi connectivity index (χ4v) is 2.86. The summed E-state index contributed by atoms with van der Waals surface area (Å²) < 4.78 is 5.53. The van der Waals surface area contributed by atoms with Gasteiger partial charge in [-0.05, 0) is 38.1 Å². The van der Waals surface area contributed by atoms with E-state index in [2.05, 4.69) is 22.4 Å². The van der Waals surface area contributed by atoms with Gasteiger partial charge in [-0.2, -0.15) is 4.98 Å². The lowest BCUT2D eigenvalue weighted by Crippen LogP contribution is -2.29. The summed E-state index contributed by atoms with van der Waals surface area (Å²) >= 11 is 0. The van der Waals surface area contributed by atoms with Crippen molar-refractivity contribution >= 4 is 0 Å². The molecule has 2 aliphatic rings. The zero-order valence-electron chi connectivity index (χ0n) is 10.5. The minimum absolute atomic E-state index is 0.115. The first-order chi connectivity index (χ1) is 8.32. The fraction of sp³-hybridized carbons (Fsp3) is 0.846. The average molecular weight is 235 g/mol. The first-order valence-corrected chi connectivity index (χ1v) is 6.86. The Bertz CT molecular complexity index is 378. The topological polar surface area (TPSA) is 51.0 Å². The highest BCUT2D eigenvalue weighted by atomic mass is 16.5. The molecule has 1 aromatic heterocycles. The second-order valence-electron chi connectivity index (χ2n) is 5.62. The van der Waals surface area contributed by atoms with E-state index in [1.54, 1.807) is 0 Å². The van der Waals surface area contributed by atoms with E-state index in [4.69, 9.17) is 4.52 Å². The quantitative estimate of drug-likeness (QED) is 0.848. The van der Waals surface area contributed by atoms with Crippen molar-refractivity contribution in [3.05, 3.63) is 11.7 Å². The Morgan fingerprint density at radius 1 is 1.47 bits per heavy atom. The van der Waals surface area contributed by atoms with Crippen molar-refractivity contribution in [3.63, 3.8) is 0 Å². The molecule has 1 saturated heterocycles. The van der Waals surface area contributed by atoms with Gasteiger partial charge in [0.1, 0.15) is 0 Å². The summed E-state index contributed by atoms with van der Waals surface area (Å²) in [5.74, 6) is 2.62. The van der Waals surface area contributed by atoms with Crippen LogP contribution in [0.4, 0.5) is 0 Å². The highest BCUT2D eigenvalue weighted by Crippen LogP contribution is 2.36. The van der Waals surface area contributed by atoms with E-state index in [1.165, 1.54) is 19.3 Å². The Hall–Kier alpha value is -0.900. The monoisotopic (exact) mass is 235 g/mol.